The highest BCUT2D eigenvalue weighted by Crippen LogP contribution is 2.32. The number of nitrogens with one attached hydrogen (secondary N) is 1. The zero-order valence-corrected chi connectivity index (χ0v) is 12.1. The first-order chi connectivity index (χ1) is 9.94. The normalized spacial score (nSPS) is 18.0. The minimum Gasteiger partial charge on any atom is -0.325 e. The van der Waals surface area contributed by atoms with Crippen LogP contribution in [0.3, 0.4) is 0 Å². The van der Waals surface area contributed by atoms with Crippen molar-refractivity contribution >= 4 is 23.4 Å². The van der Waals surface area contributed by atoms with Crippen LogP contribution in [0.4, 0.5) is 18.9 Å². The van der Waals surface area contributed by atoms with Gasteiger partial charge in [0.1, 0.15) is 0 Å². The van der Waals surface area contributed by atoms with Crippen molar-refractivity contribution in [2.45, 2.75) is 30.3 Å². The van der Waals surface area contributed by atoms with E-state index in [4.69, 9.17) is 0 Å². The second-order valence-corrected chi connectivity index (χ2v) is 5.94. The minimum absolute atomic E-state index is 0.161. The van der Waals surface area contributed by atoms with Crippen molar-refractivity contribution in [2.24, 2.45) is 5.92 Å². The molecule has 1 aliphatic carbocycles. The third-order valence-electron chi connectivity index (χ3n) is 3.11. The SMILES string of the molecule is O=C(CC1C=CCC1)Nc1ccccc1SCC(F)(F)F. The second-order valence-electron chi connectivity index (χ2n) is 4.92. The Kier molecular flexibility index (Phi) is 5.33. The van der Waals surface area contributed by atoms with Gasteiger partial charge < -0.3 is 5.32 Å². The van der Waals surface area contributed by atoms with Gasteiger partial charge in [-0.15, -0.1) is 11.8 Å². The Bertz CT molecular complexity index is 528. The third kappa shape index (κ3) is 5.46. The number of rotatable bonds is 5. The van der Waals surface area contributed by atoms with Crippen molar-refractivity contribution < 1.29 is 18.0 Å². The minimum atomic E-state index is -4.23. The molecule has 0 saturated heterocycles. The van der Waals surface area contributed by atoms with Gasteiger partial charge in [-0.1, -0.05) is 24.3 Å². The Morgan fingerprint density at radius 1 is 1.33 bits per heavy atom. The Morgan fingerprint density at radius 2 is 2.10 bits per heavy atom. The Balaban J connectivity index is 1.95. The van der Waals surface area contributed by atoms with Crippen molar-refractivity contribution in [3.63, 3.8) is 0 Å². The number of para-hydroxylation sites is 1. The average molecular weight is 315 g/mol. The highest BCUT2D eigenvalue weighted by atomic mass is 32.2. The summed E-state index contributed by atoms with van der Waals surface area (Å²) in [7, 11) is 0. The highest BCUT2D eigenvalue weighted by molar-refractivity contribution is 7.99. The summed E-state index contributed by atoms with van der Waals surface area (Å²) in [6, 6.07) is 6.57. The van der Waals surface area contributed by atoms with E-state index in [0.29, 0.717) is 28.8 Å². The monoisotopic (exact) mass is 315 g/mol. The van der Waals surface area contributed by atoms with Crippen LogP contribution < -0.4 is 5.32 Å². The molecule has 0 heterocycles. The Hall–Kier alpha value is -1.43. The van der Waals surface area contributed by atoms with Gasteiger partial charge in [0.15, 0.2) is 0 Å². The van der Waals surface area contributed by atoms with Gasteiger partial charge in [-0.2, -0.15) is 13.2 Å². The molecule has 114 valence electrons. The molecule has 0 aliphatic heterocycles. The van der Waals surface area contributed by atoms with Crippen LogP contribution in [0.2, 0.25) is 0 Å². The molecular weight excluding hydrogens is 299 g/mol. The molecule has 1 N–H and O–H groups in total. The highest BCUT2D eigenvalue weighted by Gasteiger charge is 2.27. The predicted octanol–water partition coefficient (Wildman–Crippen LogP) is 4.64. The lowest BCUT2D eigenvalue weighted by Crippen LogP contribution is -2.16. The first-order valence-electron chi connectivity index (χ1n) is 6.69. The van der Waals surface area contributed by atoms with Crippen LogP contribution in [0.25, 0.3) is 0 Å². The van der Waals surface area contributed by atoms with E-state index in [0.717, 1.165) is 12.8 Å². The fourth-order valence-electron chi connectivity index (χ4n) is 2.16. The summed E-state index contributed by atoms with van der Waals surface area (Å²) in [5.74, 6) is -0.891. The van der Waals surface area contributed by atoms with Crippen molar-refractivity contribution in [2.75, 3.05) is 11.1 Å². The lowest BCUT2D eigenvalue weighted by atomic mass is 10.1. The zero-order valence-electron chi connectivity index (χ0n) is 11.3. The summed E-state index contributed by atoms with van der Waals surface area (Å²) < 4.78 is 36.9. The quantitative estimate of drug-likeness (QED) is 0.634. The first-order valence-corrected chi connectivity index (χ1v) is 7.68. The Morgan fingerprint density at radius 3 is 2.76 bits per heavy atom. The first kappa shape index (κ1) is 15.9. The lowest BCUT2D eigenvalue weighted by molar-refractivity contribution is -0.116. The fraction of sp³-hybridized carbons (Fsp3) is 0.400. The van der Waals surface area contributed by atoms with E-state index in [9.17, 15) is 18.0 Å². The van der Waals surface area contributed by atoms with E-state index in [1.807, 2.05) is 12.2 Å². The third-order valence-corrected chi connectivity index (χ3v) is 4.25. The molecule has 0 radical (unpaired) electrons. The molecule has 1 aromatic rings. The van der Waals surface area contributed by atoms with Crippen LogP contribution in [0, 0.1) is 5.92 Å². The number of carbonyl (C=O) groups is 1. The molecule has 21 heavy (non-hydrogen) atoms. The molecule has 0 fully saturated rings. The summed E-state index contributed by atoms with van der Waals surface area (Å²) in [4.78, 5) is 12.4. The summed E-state index contributed by atoms with van der Waals surface area (Å²) in [6.07, 6.45) is 2.15. The second kappa shape index (κ2) is 7.02. The predicted molar refractivity (Wildman–Crippen MR) is 78.3 cm³/mol. The van der Waals surface area contributed by atoms with Crippen LogP contribution in [0.1, 0.15) is 19.3 Å². The van der Waals surface area contributed by atoms with E-state index in [2.05, 4.69) is 5.32 Å². The van der Waals surface area contributed by atoms with Crippen molar-refractivity contribution in [3.05, 3.63) is 36.4 Å². The van der Waals surface area contributed by atoms with Crippen LogP contribution in [0.15, 0.2) is 41.3 Å². The van der Waals surface area contributed by atoms with Crippen LogP contribution >= 0.6 is 11.8 Å². The molecule has 1 atom stereocenters. The van der Waals surface area contributed by atoms with E-state index in [1.54, 1.807) is 24.3 Å². The number of amides is 1. The van der Waals surface area contributed by atoms with Gasteiger partial charge in [0.05, 0.1) is 11.4 Å². The smallest absolute Gasteiger partial charge is 0.325 e. The van der Waals surface area contributed by atoms with Crippen LogP contribution in [-0.4, -0.2) is 17.8 Å². The maximum atomic E-state index is 12.3. The van der Waals surface area contributed by atoms with Gasteiger partial charge in [-0.05, 0) is 30.9 Å². The fourth-order valence-corrected chi connectivity index (χ4v) is 2.93. The number of benzene rings is 1. The average Bonchev–Trinajstić information content (AvgIpc) is 2.89. The summed E-state index contributed by atoms with van der Waals surface area (Å²) in [6.45, 7) is 0. The van der Waals surface area contributed by atoms with Crippen molar-refractivity contribution in [1.82, 2.24) is 0 Å². The standard InChI is InChI=1S/C15H16F3NOS/c16-15(17,18)10-21-13-8-4-3-7-12(13)19-14(20)9-11-5-1-2-6-11/h1,3-5,7-8,11H,2,6,9-10H2,(H,19,20). The number of anilines is 1. The van der Waals surface area contributed by atoms with Crippen LogP contribution in [-0.2, 0) is 4.79 Å². The van der Waals surface area contributed by atoms with Gasteiger partial charge in [0.2, 0.25) is 5.91 Å². The Labute approximate surface area is 125 Å². The maximum absolute atomic E-state index is 12.3. The zero-order chi connectivity index (χ0) is 15.3. The van der Waals surface area contributed by atoms with E-state index < -0.39 is 11.9 Å². The molecule has 2 rings (SSSR count). The molecule has 1 aromatic carbocycles. The molecule has 0 aromatic heterocycles. The number of hydrogen-bond acceptors (Lipinski definition) is 2. The van der Waals surface area contributed by atoms with Gasteiger partial charge >= 0.3 is 6.18 Å². The van der Waals surface area contributed by atoms with Gasteiger partial charge in [-0.25, -0.2) is 0 Å². The largest absolute Gasteiger partial charge is 0.398 e. The molecule has 1 amide bonds. The summed E-state index contributed by atoms with van der Waals surface area (Å²) in [5.41, 5.74) is 0.443. The van der Waals surface area contributed by atoms with Crippen molar-refractivity contribution in [3.8, 4) is 0 Å². The maximum Gasteiger partial charge on any atom is 0.398 e. The molecule has 0 bridgehead atoms. The van der Waals surface area contributed by atoms with E-state index >= 15 is 0 Å². The van der Waals surface area contributed by atoms with Crippen LogP contribution in [0.5, 0.6) is 0 Å². The molecule has 0 saturated carbocycles. The number of thioether (sulfide) groups is 1. The molecule has 1 unspecified atom stereocenters. The van der Waals surface area contributed by atoms with Gasteiger partial charge in [0.25, 0.3) is 0 Å². The van der Waals surface area contributed by atoms with Gasteiger partial charge in [0, 0.05) is 11.3 Å². The summed E-state index contributed by atoms with van der Waals surface area (Å²) >= 11 is 0.685. The lowest BCUT2D eigenvalue weighted by Gasteiger charge is -2.13. The van der Waals surface area contributed by atoms with E-state index in [-0.39, 0.29) is 11.8 Å². The molecule has 6 heteroatoms. The molecule has 0 spiro atoms. The number of allylic oxidation sites excluding steroid dienone is 2. The molecule has 1 aliphatic rings. The number of halogens is 3. The number of alkyl halides is 3. The number of carbonyl (C=O) groups excluding carboxylic acids is 1. The van der Waals surface area contributed by atoms with Crippen molar-refractivity contribution in [1.29, 1.82) is 0 Å². The van der Waals surface area contributed by atoms with E-state index in [1.165, 1.54) is 0 Å². The topological polar surface area (TPSA) is 29.1 Å². The van der Waals surface area contributed by atoms with Gasteiger partial charge in [-0.3, -0.25) is 4.79 Å². The summed E-state index contributed by atoms with van der Waals surface area (Å²) in [5, 5.41) is 2.71. The molecule has 2 nitrogen and oxygen atoms in total. The molecular formula is C15H16F3NOS. The number of hydrogen-bond donors (Lipinski definition) is 1.